The van der Waals surface area contributed by atoms with Gasteiger partial charge < -0.3 is 10.4 Å². The van der Waals surface area contributed by atoms with E-state index in [4.69, 9.17) is 0 Å². The molecule has 0 radical (unpaired) electrons. The molecule has 0 aromatic rings. The number of rotatable bonds is 4. The van der Waals surface area contributed by atoms with Gasteiger partial charge in [-0.3, -0.25) is 0 Å². The van der Waals surface area contributed by atoms with Gasteiger partial charge in [-0.15, -0.1) is 0 Å². The average molecular weight is 290 g/mol. The first-order chi connectivity index (χ1) is 8.77. The molecule has 2 fully saturated rings. The molecule has 0 spiro atoms. The van der Waals surface area contributed by atoms with Gasteiger partial charge in [-0.1, -0.05) is 13.8 Å². The number of piperidine rings is 1. The number of hydrogen-bond acceptors (Lipinski definition) is 4. The van der Waals surface area contributed by atoms with Crippen molar-refractivity contribution in [1.29, 1.82) is 0 Å². The van der Waals surface area contributed by atoms with Crippen LogP contribution >= 0.6 is 0 Å². The molecule has 1 heterocycles. The summed E-state index contributed by atoms with van der Waals surface area (Å²) in [7, 11) is -3.03. The van der Waals surface area contributed by atoms with Gasteiger partial charge >= 0.3 is 0 Å². The first-order valence-electron chi connectivity index (χ1n) is 7.19. The minimum Gasteiger partial charge on any atom is -0.392 e. The Bertz CT molecular complexity index is 414. The lowest BCUT2D eigenvalue weighted by molar-refractivity contribution is -0.0772. The van der Waals surface area contributed by atoms with E-state index in [2.05, 4.69) is 19.2 Å². The van der Waals surface area contributed by atoms with Crippen molar-refractivity contribution < 1.29 is 13.5 Å². The van der Waals surface area contributed by atoms with Crippen molar-refractivity contribution in [3.05, 3.63) is 0 Å². The molecule has 0 aromatic carbocycles. The van der Waals surface area contributed by atoms with E-state index >= 15 is 0 Å². The lowest BCUT2D eigenvalue weighted by Crippen LogP contribution is -2.63. The highest BCUT2D eigenvalue weighted by Crippen LogP contribution is 2.41. The number of sulfonamides is 1. The van der Waals surface area contributed by atoms with Crippen LogP contribution in [0.4, 0.5) is 0 Å². The highest BCUT2D eigenvalue weighted by molar-refractivity contribution is 7.89. The average Bonchev–Trinajstić information content (AvgIpc) is 2.39. The molecule has 2 N–H and O–H groups in total. The molecule has 6 heteroatoms. The molecule has 1 saturated heterocycles. The normalized spacial score (nSPS) is 33.1. The van der Waals surface area contributed by atoms with Crippen LogP contribution in [0.25, 0.3) is 0 Å². The van der Waals surface area contributed by atoms with Crippen molar-refractivity contribution in [2.75, 3.05) is 18.8 Å². The molecule has 19 heavy (non-hydrogen) atoms. The summed E-state index contributed by atoms with van der Waals surface area (Å²) < 4.78 is 25.1. The number of nitrogens with zero attached hydrogens (tertiary/aromatic N) is 1. The van der Waals surface area contributed by atoms with Gasteiger partial charge in [-0.25, -0.2) is 12.7 Å². The molecule has 2 atom stereocenters. The van der Waals surface area contributed by atoms with Gasteiger partial charge in [0.15, 0.2) is 0 Å². The van der Waals surface area contributed by atoms with Crippen LogP contribution in [0.15, 0.2) is 0 Å². The van der Waals surface area contributed by atoms with Gasteiger partial charge in [0.05, 0.1) is 11.9 Å². The van der Waals surface area contributed by atoms with Crippen molar-refractivity contribution in [1.82, 2.24) is 9.62 Å². The van der Waals surface area contributed by atoms with Crippen LogP contribution in [-0.4, -0.2) is 54.9 Å². The zero-order chi connectivity index (χ0) is 14.3. The minimum atomic E-state index is -3.03. The largest absolute Gasteiger partial charge is 0.392 e. The minimum absolute atomic E-state index is 0.0629. The van der Waals surface area contributed by atoms with Gasteiger partial charge in [0, 0.05) is 30.6 Å². The Morgan fingerprint density at radius 3 is 2.32 bits per heavy atom. The summed E-state index contributed by atoms with van der Waals surface area (Å²) in [4.78, 5) is 0. The highest BCUT2D eigenvalue weighted by Gasteiger charge is 2.47. The quantitative estimate of drug-likeness (QED) is 0.793. The SMILES string of the molecule is CCS(=O)(=O)N1CCC(NC2CC(O)C2(C)C)CC1. The second-order valence-electron chi connectivity index (χ2n) is 6.37. The number of hydrogen-bond donors (Lipinski definition) is 2. The number of nitrogens with one attached hydrogen (secondary N) is 1. The Balaban J connectivity index is 1.82. The maximum atomic E-state index is 11.8. The molecular weight excluding hydrogens is 264 g/mol. The number of aliphatic hydroxyl groups excluding tert-OH is 1. The Hall–Kier alpha value is -0.170. The molecule has 1 aliphatic carbocycles. The standard InChI is InChI=1S/C13H26N2O3S/c1-4-19(17,18)15-7-5-10(6-8-15)14-11-9-12(16)13(11,2)3/h10-12,14,16H,4-9H2,1-3H3. The van der Waals surface area contributed by atoms with Gasteiger partial charge in [0.2, 0.25) is 10.0 Å². The molecule has 1 aliphatic heterocycles. The van der Waals surface area contributed by atoms with Crippen LogP contribution < -0.4 is 5.32 Å². The summed E-state index contributed by atoms with van der Waals surface area (Å²) >= 11 is 0. The van der Waals surface area contributed by atoms with E-state index in [9.17, 15) is 13.5 Å². The van der Waals surface area contributed by atoms with Crippen LogP contribution in [0, 0.1) is 5.41 Å². The Morgan fingerprint density at radius 2 is 1.89 bits per heavy atom. The maximum absolute atomic E-state index is 11.8. The first-order valence-corrected chi connectivity index (χ1v) is 8.80. The summed E-state index contributed by atoms with van der Waals surface area (Å²) in [5.41, 5.74) is -0.0629. The molecule has 112 valence electrons. The van der Waals surface area contributed by atoms with E-state index in [0.29, 0.717) is 25.2 Å². The summed E-state index contributed by atoms with van der Waals surface area (Å²) in [6, 6.07) is 0.724. The van der Waals surface area contributed by atoms with Gasteiger partial charge in [-0.2, -0.15) is 0 Å². The Morgan fingerprint density at radius 1 is 1.32 bits per heavy atom. The predicted molar refractivity (Wildman–Crippen MR) is 75.4 cm³/mol. The van der Waals surface area contributed by atoms with Crippen molar-refractivity contribution in [2.24, 2.45) is 5.41 Å². The van der Waals surface area contributed by atoms with E-state index < -0.39 is 10.0 Å². The molecule has 2 rings (SSSR count). The smallest absolute Gasteiger partial charge is 0.213 e. The van der Waals surface area contributed by atoms with Crippen molar-refractivity contribution in [3.8, 4) is 0 Å². The Kier molecular flexibility index (Phi) is 4.26. The summed E-state index contributed by atoms with van der Waals surface area (Å²) in [6.07, 6.45) is 2.31. The van der Waals surface area contributed by atoms with Crippen LogP contribution in [0.3, 0.4) is 0 Å². The first kappa shape index (κ1) is 15.2. The third kappa shape index (κ3) is 2.96. The topological polar surface area (TPSA) is 69.6 Å². The molecule has 5 nitrogen and oxygen atoms in total. The van der Waals surface area contributed by atoms with Crippen LogP contribution in [-0.2, 0) is 10.0 Å². The second kappa shape index (κ2) is 5.31. The Labute approximate surface area is 116 Å². The molecule has 0 bridgehead atoms. The fourth-order valence-corrected chi connectivity index (χ4v) is 4.09. The maximum Gasteiger partial charge on any atom is 0.213 e. The van der Waals surface area contributed by atoms with Crippen LogP contribution in [0.2, 0.25) is 0 Å². The molecule has 1 saturated carbocycles. The summed E-state index contributed by atoms with van der Waals surface area (Å²) in [6.45, 7) is 7.08. The van der Waals surface area contributed by atoms with Crippen LogP contribution in [0.5, 0.6) is 0 Å². The van der Waals surface area contributed by atoms with Crippen LogP contribution in [0.1, 0.15) is 40.0 Å². The van der Waals surface area contributed by atoms with E-state index in [1.54, 1.807) is 11.2 Å². The van der Waals surface area contributed by atoms with Gasteiger partial charge in [-0.05, 0) is 26.2 Å². The highest BCUT2D eigenvalue weighted by atomic mass is 32.2. The monoisotopic (exact) mass is 290 g/mol. The molecule has 0 aromatic heterocycles. The zero-order valence-corrected chi connectivity index (χ0v) is 12.9. The number of aliphatic hydroxyl groups is 1. The van der Waals surface area contributed by atoms with Crippen molar-refractivity contribution in [3.63, 3.8) is 0 Å². The molecular formula is C13H26N2O3S. The molecule has 0 amide bonds. The lowest BCUT2D eigenvalue weighted by atomic mass is 9.64. The third-order valence-electron chi connectivity index (χ3n) is 4.86. The fourth-order valence-electron chi connectivity index (χ4n) is 2.95. The van der Waals surface area contributed by atoms with E-state index in [1.807, 2.05) is 0 Å². The van der Waals surface area contributed by atoms with Gasteiger partial charge in [0.1, 0.15) is 0 Å². The van der Waals surface area contributed by atoms with Gasteiger partial charge in [0.25, 0.3) is 0 Å². The molecule has 2 aliphatic rings. The van der Waals surface area contributed by atoms with Crippen molar-refractivity contribution in [2.45, 2.75) is 58.2 Å². The predicted octanol–water partition coefficient (Wildman–Crippen LogP) is 0.550. The summed E-state index contributed by atoms with van der Waals surface area (Å²) in [5.74, 6) is 0.187. The van der Waals surface area contributed by atoms with E-state index in [0.717, 1.165) is 19.3 Å². The van der Waals surface area contributed by atoms with E-state index in [-0.39, 0.29) is 17.3 Å². The van der Waals surface area contributed by atoms with E-state index in [1.165, 1.54) is 0 Å². The lowest BCUT2D eigenvalue weighted by Gasteiger charge is -2.51. The van der Waals surface area contributed by atoms with Crippen molar-refractivity contribution >= 4 is 10.0 Å². The zero-order valence-electron chi connectivity index (χ0n) is 12.1. The summed E-state index contributed by atoms with van der Waals surface area (Å²) in [5, 5.41) is 13.3. The fraction of sp³-hybridized carbons (Fsp3) is 1.00. The second-order valence-corrected chi connectivity index (χ2v) is 8.62. The molecule has 2 unspecified atom stereocenters. The third-order valence-corrected chi connectivity index (χ3v) is 6.75.